The van der Waals surface area contributed by atoms with Gasteiger partial charge in [0.2, 0.25) is 11.9 Å². The van der Waals surface area contributed by atoms with Gasteiger partial charge < -0.3 is 19.6 Å². The number of rotatable bonds is 7. The zero-order valence-corrected chi connectivity index (χ0v) is 25.9. The number of likely N-dealkylation sites (N-methyl/N-ethyl adjacent to an activating group) is 1. The lowest BCUT2D eigenvalue weighted by Gasteiger charge is -2.43. The first-order valence-corrected chi connectivity index (χ1v) is 15.2. The van der Waals surface area contributed by atoms with Crippen LogP contribution in [0.5, 0.6) is 0 Å². The molecule has 1 aliphatic carbocycles. The largest absolute Gasteiger partial charge is 0.352 e. The minimum Gasteiger partial charge on any atom is -0.352 e. The van der Waals surface area contributed by atoms with Gasteiger partial charge in [-0.2, -0.15) is 10.1 Å². The van der Waals surface area contributed by atoms with Crippen LogP contribution in [0.4, 0.5) is 16.2 Å². The number of anilines is 2. The lowest BCUT2D eigenvalue weighted by atomic mass is 10.1. The van der Waals surface area contributed by atoms with Gasteiger partial charge in [-0.15, -0.1) is 0 Å². The van der Waals surface area contributed by atoms with Crippen molar-refractivity contribution in [2.24, 2.45) is 0 Å². The van der Waals surface area contributed by atoms with Gasteiger partial charge in [0.05, 0.1) is 22.6 Å². The van der Waals surface area contributed by atoms with Crippen LogP contribution in [0, 0.1) is 5.82 Å². The molecule has 2 aliphatic heterocycles. The van der Waals surface area contributed by atoms with Crippen LogP contribution in [0.2, 0.25) is 5.02 Å². The molecule has 43 heavy (non-hydrogen) atoms. The zero-order valence-electron chi connectivity index (χ0n) is 25.2. The summed E-state index contributed by atoms with van der Waals surface area (Å²) in [5.74, 6) is 0.547. The number of fused-ring (bicyclic) bond motifs is 1. The van der Waals surface area contributed by atoms with E-state index in [-0.39, 0.29) is 28.1 Å². The molecule has 1 atom stereocenters. The molecule has 3 fully saturated rings. The van der Waals surface area contributed by atoms with E-state index in [1.807, 2.05) is 43.0 Å². The molecule has 3 aliphatic rings. The molecule has 11 heteroatoms. The molecule has 6 rings (SSSR count). The van der Waals surface area contributed by atoms with Crippen molar-refractivity contribution in [3.8, 4) is 0 Å². The van der Waals surface area contributed by atoms with Crippen LogP contribution in [0.3, 0.4) is 0 Å². The second-order valence-corrected chi connectivity index (χ2v) is 12.3. The fourth-order valence-corrected chi connectivity index (χ4v) is 6.09. The Balaban J connectivity index is 1.49. The molecule has 0 radical (unpaired) electrons. The average Bonchev–Trinajstić information content (AvgIpc) is 3.73. The van der Waals surface area contributed by atoms with Crippen molar-refractivity contribution >= 4 is 52.3 Å². The van der Waals surface area contributed by atoms with Crippen molar-refractivity contribution in [3.63, 3.8) is 0 Å². The topological polar surface area (TPSA) is 73.6 Å². The molecule has 1 aromatic carbocycles. The van der Waals surface area contributed by atoms with E-state index in [9.17, 15) is 4.79 Å². The van der Waals surface area contributed by atoms with E-state index in [0.29, 0.717) is 48.9 Å². The third-order valence-electron chi connectivity index (χ3n) is 8.65. The second-order valence-electron chi connectivity index (χ2n) is 11.9. The first kappa shape index (κ1) is 29.3. The summed E-state index contributed by atoms with van der Waals surface area (Å²) >= 11 is 6.87. The van der Waals surface area contributed by atoms with E-state index in [1.54, 1.807) is 17.0 Å². The number of amides is 1. The van der Waals surface area contributed by atoms with E-state index < -0.39 is 5.82 Å². The van der Waals surface area contributed by atoms with E-state index in [1.165, 1.54) is 6.08 Å². The van der Waals surface area contributed by atoms with Gasteiger partial charge in [-0.1, -0.05) is 36.4 Å². The summed E-state index contributed by atoms with van der Waals surface area (Å²) in [6.07, 6.45) is 12.9. The van der Waals surface area contributed by atoms with Gasteiger partial charge in [0, 0.05) is 61.0 Å². The molecule has 2 saturated heterocycles. The molecule has 1 saturated carbocycles. The monoisotopic (exact) mass is 604 g/mol. The number of piperazine rings is 1. The van der Waals surface area contributed by atoms with Crippen LogP contribution in [0.1, 0.15) is 38.3 Å². The Morgan fingerprint density at radius 3 is 2.58 bits per heavy atom. The number of hydrogen-bond donors (Lipinski definition) is 0. The number of allylic oxidation sites excluding steroid dienone is 2. The highest BCUT2D eigenvalue weighted by molar-refractivity contribution is 6.33. The van der Waals surface area contributed by atoms with Gasteiger partial charge in [0.15, 0.2) is 5.82 Å². The third kappa shape index (κ3) is 5.54. The van der Waals surface area contributed by atoms with Gasteiger partial charge >= 0.3 is 0 Å². The molecule has 3 aromatic rings. The summed E-state index contributed by atoms with van der Waals surface area (Å²) in [6, 6.07) is 2.40. The molecular weight excluding hydrogens is 567 g/mol. The summed E-state index contributed by atoms with van der Waals surface area (Å²) in [5.41, 5.74) is 0.518. The smallest absolute Gasteiger partial charge is 0.246 e. The van der Waals surface area contributed by atoms with Gasteiger partial charge in [-0.3, -0.25) is 9.48 Å². The quantitative estimate of drug-likeness (QED) is 0.384. The summed E-state index contributed by atoms with van der Waals surface area (Å²) in [6.45, 7) is 10.7. The van der Waals surface area contributed by atoms with Crippen molar-refractivity contribution in [1.29, 1.82) is 0 Å². The van der Waals surface area contributed by atoms with E-state index in [2.05, 4.69) is 40.5 Å². The number of nitrogens with zero attached hydrogens (tertiary/aromatic N) is 8. The summed E-state index contributed by atoms with van der Waals surface area (Å²) < 4.78 is 18.7. The predicted octanol–water partition coefficient (Wildman–Crippen LogP) is 3.11. The van der Waals surface area contributed by atoms with E-state index in [0.717, 1.165) is 36.5 Å². The maximum atomic E-state index is 16.7. The van der Waals surface area contributed by atoms with Crippen LogP contribution in [0.15, 0.2) is 37.1 Å². The maximum Gasteiger partial charge on any atom is 0.246 e. The lowest BCUT2D eigenvalue weighted by molar-refractivity contribution is -0.128. The van der Waals surface area contributed by atoms with E-state index in [4.69, 9.17) is 21.6 Å². The Kier molecular flexibility index (Phi) is 8.00. The minimum atomic E-state index is -0.480. The molecule has 0 spiro atoms. The Labute approximate surface area is 256 Å². The number of hydrogen-bond acceptors (Lipinski definition) is 7. The van der Waals surface area contributed by atoms with Gasteiger partial charge in [0.1, 0.15) is 11.3 Å². The van der Waals surface area contributed by atoms with Crippen LogP contribution in [-0.4, -0.2) is 94.4 Å². The van der Waals surface area contributed by atoms with Gasteiger partial charge in [0.25, 0.3) is 0 Å². The highest BCUT2D eigenvalue weighted by Crippen LogP contribution is 2.36. The zero-order chi connectivity index (χ0) is 30.4. The summed E-state index contributed by atoms with van der Waals surface area (Å²) in [5, 5.41) is 7.18. The molecular formula is C32H38ClFN8O. The van der Waals surface area contributed by atoms with Crippen molar-refractivity contribution in [2.45, 2.75) is 44.8 Å². The van der Waals surface area contributed by atoms with Crippen molar-refractivity contribution < 1.29 is 9.18 Å². The molecule has 1 amide bonds. The fourth-order valence-electron chi connectivity index (χ4n) is 5.85. The molecule has 0 bridgehead atoms. The Morgan fingerprint density at radius 1 is 1.16 bits per heavy atom. The molecule has 2 aromatic heterocycles. The van der Waals surface area contributed by atoms with Gasteiger partial charge in [-0.05, 0) is 59.0 Å². The van der Waals surface area contributed by atoms with Crippen molar-refractivity contribution in [1.82, 2.24) is 29.5 Å². The van der Waals surface area contributed by atoms with Gasteiger partial charge in [-0.25, -0.2) is 9.37 Å². The first-order chi connectivity index (χ1) is 20.7. The third-order valence-corrected chi connectivity index (χ3v) is 8.97. The van der Waals surface area contributed by atoms with Crippen LogP contribution >= 0.6 is 11.6 Å². The standard InChI is InChI=1S/C32H38ClFN8O/c1-6-8-9-21-16-35-42(22-10-11-22)27(21)15-24-26(33)14-25-30(29(24)34)36-32(40-18-23(19-40)38(4)5)37-31(25)39-12-13-41(20(3)17-39)28(43)7-2/h6-9,14-16,20,22-23H,2,10-13,17-19H2,1,3-5H3/b8-6+,21-9-,27-15-. The normalized spacial score (nSPS) is 20.6. The number of carbonyl (C=O) groups excluding carboxylic acids is 1. The molecule has 1 unspecified atom stereocenters. The molecule has 9 nitrogen and oxygen atoms in total. The summed E-state index contributed by atoms with van der Waals surface area (Å²) in [4.78, 5) is 30.3. The Hall–Kier alpha value is -3.76. The predicted molar refractivity (Wildman–Crippen MR) is 170 cm³/mol. The SMILES string of the molecule is C=CC(=O)N1CCN(c2nc(N3CC(N(C)C)C3)nc3c(F)c(/C=c4/c(=C\C=C\C)cnn4C4CC4)c(Cl)cc23)CC1C. The molecule has 4 heterocycles. The summed E-state index contributed by atoms with van der Waals surface area (Å²) in [7, 11) is 4.11. The van der Waals surface area contributed by atoms with E-state index >= 15 is 4.39 Å². The van der Waals surface area contributed by atoms with Crippen LogP contribution in [-0.2, 0) is 4.79 Å². The Morgan fingerprint density at radius 2 is 1.93 bits per heavy atom. The molecule has 226 valence electrons. The lowest BCUT2D eigenvalue weighted by Crippen LogP contribution is -2.58. The highest BCUT2D eigenvalue weighted by Gasteiger charge is 2.34. The fraction of sp³-hybridized carbons (Fsp3) is 0.438. The number of halogens is 2. The first-order valence-electron chi connectivity index (χ1n) is 14.9. The van der Waals surface area contributed by atoms with Crippen LogP contribution < -0.4 is 20.4 Å². The van der Waals surface area contributed by atoms with Crippen molar-refractivity contribution in [3.05, 3.63) is 64.0 Å². The second kappa shape index (κ2) is 11.7. The minimum absolute atomic E-state index is 0.0719. The number of aromatic nitrogens is 4. The molecule has 0 N–H and O–H groups in total. The number of carbonyl (C=O) groups is 1. The van der Waals surface area contributed by atoms with Crippen molar-refractivity contribution in [2.75, 3.05) is 56.6 Å². The van der Waals surface area contributed by atoms with Crippen LogP contribution in [0.25, 0.3) is 23.1 Å². The highest BCUT2D eigenvalue weighted by atomic mass is 35.5. The maximum absolute atomic E-state index is 16.7. The average molecular weight is 605 g/mol. The number of benzene rings is 1. The Bertz CT molecular complexity index is 1720.